The fourth-order valence-corrected chi connectivity index (χ4v) is 4.24. The van der Waals surface area contributed by atoms with Crippen LogP contribution < -0.4 is 10.1 Å². The van der Waals surface area contributed by atoms with Gasteiger partial charge in [0.25, 0.3) is 0 Å². The van der Waals surface area contributed by atoms with Gasteiger partial charge in [0, 0.05) is 22.9 Å². The van der Waals surface area contributed by atoms with Crippen molar-refractivity contribution in [3.05, 3.63) is 53.6 Å². The monoisotopic (exact) mass is 458 g/mol. The van der Waals surface area contributed by atoms with Crippen LogP contribution in [-0.2, 0) is 16.1 Å². The van der Waals surface area contributed by atoms with E-state index in [-0.39, 0.29) is 17.8 Å². The SMILES string of the molecule is COc1ccc(NC(=O)CSc2nnc(-c3ccc(Cl)cc3)n2C[C@H]2CCCO2)cc1. The number of halogens is 1. The number of hydrogen-bond donors (Lipinski definition) is 1. The van der Waals surface area contributed by atoms with Crippen molar-refractivity contribution in [3.63, 3.8) is 0 Å². The Morgan fingerprint density at radius 1 is 1.23 bits per heavy atom. The number of methoxy groups -OCH3 is 1. The molecule has 0 saturated carbocycles. The van der Waals surface area contributed by atoms with E-state index in [2.05, 4.69) is 15.5 Å². The van der Waals surface area contributed by atoms with E-state index in [4.69, 9.17) is 21.1 Å². The number of carbonyl (C=O) groups is 1. The van der Waals surface area contributed by atoms with E-state index < -0.39 is 0 Å². The Morgan fingerprint density at radius 3 is 2.68 bits per heavy atom. The van der Waals surface area contributed by atoms with Gasteiger partial charge in [-0.15, -0.1) is 10.2 Å². The lowest BCUT2D eigenvalue weighted by atomic mass is 10.2. The fourth-order valence-electron chi connectivity index (χ4n) is 3.37. The Labute approximate surface area is 190 Å². The molecule has 7 nitrogen and oxygen atoms in total. The van der Waals surface area contributed by atoms with Crippen molar-refractivity contribution < 1.29 is 14.3 Å². The minimum Gasteiger partial charge on any atom is -0.497 e. The van der Waals surface area contributed by atoms with Gasteiger partial charge in [-0.05, 0) is 61.4 Å². The Hall–Kier alpha value is -2.55. The van der Waals surface area contributed by atoms with E-state index in [1.807, 2.05) is 28.8 Å². The van der Waals surface area contributed by atoms with Crippen LogP contribution in [0, 0.1) is 0 Å². The predicted octanol–water partition coefficient (Wildman–Crippen LogP) is 4.52. The number of ether oxygens (including phenoxy) is 2. The smallest absolute Gasteiger partial charge is 0.234 e. The second-order valence-electron chi connectivity index (χ2n) is 7.12. The first kappa shape index (κ1) is 21.7. The van der Waals surface area contributed by atoms with E-state index in [1.165, 1.54) is 11.8 Å². The summed E-state index contributed by atoms with van der Waals surface area (Å²) in [7, 11) is 1.61. The third kappa shape index (κ3) is 5.58. The molecule has 2 heterocycles. The zero-order valence-electron chi connectivity index (χ0n) is 17.1. The molecule has 1 saturated heterocycles. The predicted molar refractivity (Wildman–Crippen MR) is 122 cm³/mol. The molecular weight excluding hydrogens is 436 g/mol. The van der Waals surface area contributed by atoms with Crippen molar-refractivity contribution in [1.29, 1.82) is 0 Å². The molecule has 0 bridgehead atoms. The summed E-state index contributed by atoms with van der Waals surface area (Å²) in [5.41, 5.74) is 1.64. The number of benzene rings is 2. The molecule has 1 fully saturated rings. The van der Waals surface area contributed by atoms with Crippen molar-refractivity contribution in [2.75, 3.05) is 24.8 Å². The van der Waals surface area contributed by atoms with Crippen LogP contribution in [0.5, 0.6) is 5.75 Å². The lowest BCUT2D eigenvalue weighted by molar-refractivity contribution is -0.113. The van der Waals surface area contributed by atoms with Gasteiger partial charge in [0.1, 0.15) is 5.75 Å². The van der Waals surface area contributed by atoms with Gasteiger partial charge >= 0.3 is 0 Å². The maximum atomic E-state index is 12.5. The third-order valence-electron chi connectivity index (χ3n) is 4.94. The highest BCUT2D eigenvalue weighted by Crippen LogP contribution is 2.27. The van der Waals surface area contributed by atoms with Crippen LogP contribution in [0.3, 0.4) is 0 Å². The molecule has 31 heavy (non-hydrogen) atoms. The van der Waals surface area contributed by atoms with Crippen molar-refractivity contribution in [2.24, 2.45) is 0 Å². The molecule has 1 aliphatic rings. The number of nitrogens with one attached hydrogen (secondary N) is 1. The van der Waals surface area contributed by atoms with Gasteiger partial charge in [-0.1, -0.05) is 23.4 Å². The Balaban J connectivity index is 1.47. The molecule has 0 unspecified atom stereocenters. The van der Waals surface area contributed by atoms with E-state index in [9.17, 15) is 4.79 Å². The van der Waals surface area contributed by atoms with E-state index >= 15 is 0 Å². The average Bonchev–Trinajstić information content (AvgIpc) is 3.44. The Morgan fingerprint density at radius 2 is 2.00 bits per heavy atom. The summed E-state index contributed by atoms with van der Waals surface area (Å²) in [5.74, 6) is 1.58. The highest BCUT2D eigenvalue weighted by Gasteiger charge is 2.22. The summed E-state index contributed by atoms with van der Waals surface area (Å²) >= 11 is 7.39. The molecule has 4 rings (SSSR count). The number of hydrogen-bond acceptors (Lipinski definition) is 6. The van der Waals surface area contributed by atoms with Crippen LogP contribution in [0.15, 0.2) is 53.7 Å². The largest absolute Gasteiger partial charge is 0.497 e. The maximum Gasteiger partial charge on any atom is 0.234 e. The number of aromatic nitrogens is 3. The molecule has 0 spiro atoms. The topological polar surface area (TPSA) is 78.3 Å². The van der Waals surface area contributed by atoms with Gasteiger partial charge in [-0.2, -0.15) is 0 Å². The molecule has 2 aromatic carbocycles. The highest BCUT2D eigenvalue weighted by atomic mass is 35.5. The standard InChI is InChI=1S/C22H23ClN4O3S/c1-29-18-10-8-17(9-11-18)24-20(28)14-31-22-26-25-21(15-4-6-16(23)7-5-15)27(22)13-19-3-2-12-30-19/h4-11,19H,2-3,12-14H2,1H3,(H,24,28)/t19-/m1/s1. The molecule has 3 aromatic rings. The first-order chi connectivity index (χ1) is 15.1. The van der Waals surface area contributed by atoms with E-state index in [1.54, 1.807) is 31.4 Å². The first-order valence-corrected chi connectivity index (χ1v) is 11.4. The van der Waals surface area contributed by atoms with E-state index in [0.717, 1.165) is 36.6 Å². The first-order valence-electron chi connectivity index (χ1n) is 10.00. The zero-order chi connectivity index (χ0) is 21.6. The average molecular weight is 459 g/mol. The number of nitrogens with zero attached hydrogens (tertiary/aromatic N) is 3. The van der Waals surface area contributed by atoms with Crippen LogP contribution >= 0.6 is 23.4 Å². The molecule has 1 amide bonds. The quantitative estimate of drug-likeness (QED) is 0.500. The zero-order valence-corrected chi connectivity index (χ0v) is 18.7. The summed E-state index contributed by atoms with van der Waals surface area (Å²) in [4.78, 5) is 12.5. The molecule has 1 atom stereocenters. The fraction of sp³-hybridized carbons (Fsp3) is 0.318. The van der Waals surface area contributed by atoms with Crippen LogP contribution in [0.4, 0.5) is 5.69 Å². The highest BCUT2D eigenvalue weighted by molar-refractivity contribution is 7.99. The van der Waals surface area contributed by atoms with Gasteiger partial charge in [0.2, 0.25) is 5.91 Å². The number of rotatable bonds is 8. The third-order valence-corrected chi connectivity index (χ3v) is 6.15. The molecular formula is C22H23ClN4O3S. The van der Waals surface area contributed by atoms with Crippen molar-refractivity contribution >= 4 is 35.0 Å². The molecule has 9 heteroatoms. The minimum absolute atomic E-state index is 0.116. The molecule has 1 aromatic heterocycles. The van der Waals surface area contributed by atoms with Crippen molar-refractivity contribution in [3.8, 4) is 17.1 Å². The second-order valence-corrected chi connectivity index (χ2v) is 8.50. The molecule has 1 aliphatic heterocycles. The summed E-state index contributed by atoms with van der Waals surface area (Å²) < 4.78 is 13.0. The summed E-state index contributed by atoms with van der Waals surface area (Å²) in [6.45, 7) is 1.42. The van der Waals surface area contributed by atoms with Gasteiger partial charge in [0.05, 0.1) is 25.5 Å². The molecule has 0 radical (unpaired) electrons. The Kier molecular flexibility index (Phi) is 7.11. The van der Waals surface area contributed by atoms with Crippen molar-refractivity contribution in [2.45, 2.75) is 30.6 Å². The molecule has 0 aliphatic carbocycles. The maximum absolute atomic E-state index is 12.5. The minimum atomic E-state index is -0.116. The summed E-state index contributed by atoms with van der Waals surface area (Å²) in [6.07, 6.45) is 2.17. The van der Waals surface area contributed by atoms with Crippen LogP contribution in [0.1, 0.15) is 12.8 Å². The van der Waals surface area contributed by atoms with Crippen LogP contribution in [0.25, 0.3) is 11.4 Å². The number of carbonyl (C=O) groups excluding carboxylic acids is 1. The van der Waals surface area contributed by atoms with E-state index in [0.29, 0.717) is 22.4 Å². The number of amides is 1. The normalized spacial score (nSPS) is 15.7. The molecule has 162 valence electrons. The lowest BCUT2D eigenvalue weighted by Gasteiger charge is -2.15. The van der Waals surface area contributed by atoms with Gasteiger partial charge < -0.3 is 14.8 Å². The van der Waals surface area contributed by atoms with Crippen LogP contribution in [0.2, 0.25) is 5.02 Å². The second kappa shape index (κ2) is 10.2. The summed E-state index contributed by atoms with van der Waals surface area (Å²) in [5, 5.41) is 13.0. The number of anilines is 1. The lowest BCUT2D eigenvalue weighted by Crippen LogP contribution is -2.18. The van der Waals surface area contributed by atoms with Gasteiger partial charge in [0.15, 0.2) is 11.0 Å². The number of thioether (sulfide) groups is 1. The van der Waals surface area contributed by atoms with Crippen LogP contribution in [-0.4, -0.2) is 46.2 Å². The molecule has 1 N–H and O–H groups in total. The van der Waals surface area contributed by atoms with Crippen molar-refractivity contribution in [1.82, 2.24) is 14.8 Å². The summed E-state index contributed by atoms with van der Waals surface area (Å²) in [6, 6.07) is 14.7. The van der Waals surface area contributed by atoms with Gasteiger partial charge in [-0.3, -0.25) is 9.36 Å². The Bertz CT molecular complexity index is 1020. The van der Waals surface area contributed by atoms with Gasteiger partial charge in [-0.25, -0.2) is 0 Å².